The van der Waals surface area contributed by atoms with Gasteiger partial charge in [0.25, 0.3) is 12.3 Å². The number of pyridine rings is 1. The van der Waals surface area contributed by atoms with Crippen LogP contribution in [0.25, 0.3) is 44.6 Å². The van der Waals surface area contributed by atoms with Gasteiger partial charge in [-0.25, -0.2) is 23.1 Å². The Bertz CT molecular complexity index is 2360. The number of fused-ring (bicyclic) bond motifs is 2. The van der Waals surface area contributed by atoms with Crippen LogP contribution in [-0.2, 0) is 20.6 Å². The van der Waals surface area contributed by atoms with Crippen LogP contribution in [0, 0.1) is 0 Å². The van der Waals surface area contributed by atoms with E-state index in [0.717, 1.165) is 76.0 Å². The molecule has 9 rings (SSSR count). The summed E-state index contributed by atoms with van der Waals surface area (Å²) < 4.78 is 47.6. The molecule has 1 aliphatic heterocycles. The summed E-state index contributed by atoms with van der Waals surface area (Å²) >= 11 is 0. The summed E-state index contributed by atoms with van der Waals surface area (Å²) in [6, 6.07) is 14.4. The molecule has 0 radical (unpaired) electrons. The minimum atomic E-state index is -2.41. The number of hydrogen-bond acceptors (Lipinski definition) is 6. The summed E-state index contributed by atoms with van der Waals surface area (Å²) in [5.41, 5.74) is 7.66. The molecule has 10 nitrogen and oxygen atoms in total. The maximum Gasteiger partial charge on any atom is 0.254 e. The number of carbonyl (C=O) groups excluding carboxylic acids is 1. The second kappa shape index (κ2) is 13.4. The van der Waals surface area contributed by atoms with Crippen LogP contribution >= 0.6 is 0 Å². The topological polar surface area (TPSA) is 89.9 Å². The average Bonchev–Trinajstić information content (AvgIpc) is 4.05. The van der Waals surface area contributed by atoms with Crippen LogP contribution in [0.4, 0.5) is 13.2 Å². The molecule has 0 N–H and O–H groups in total. The molecule has 0 spiro atoms. The number of alkyl halides is 3. The summed E-state index contributed by atoms with van der Waals surface area (Å²) in [5.74, 6) is 1.56. The summed E-state index contributed by atoms with van der Waals surface area (Å²) in [6.45, 7) is 4.23. The van der Waals surface area contributed by atoms with Gasteiger partial charge in [-0.2, -0.15) is 10.2 Å². The Morgan fingerprint density at radius 1 is 0.852 bits per heavy atom. The van der Waals surface area contributed by atoms with Crippen molar-refractivity contribution in [2.24, 2.45) is 14.1 Å². The fraction of sp³-hybridized carbons (Fsp3) is 0.439. The number of rotatable bonds is 10. The Morgan fingerprint density at radius 2 is 1.57 bits per heavy atom. The molecule has 3 aliphatic rings. The number of aryl methyl sites for hydroxylation is 1. The molecule has 13 heteroatoms. The van der Waals surface area contributed by atoms with E-state index in [1.54, 1.807) is 38.7 Å². The molecular formula is C41H44F3N9O. The number of piperazine rings is 1. The van der Waals surface area contributed by atoms with Crippen LogP contribution in [0.2, 0.25) is 0 Å². The molecule has 5 heterocycles. The van der Waals surface area contributed by atoms with Gasteiger partial charge in [0.1, 0.15) is 12.0 Å². The molecule has 3 fully saturated rings. The van der Waals surface area contributed by atoms with Gasteiger partial charge >= 0.3 is 0 Å². The highest BCUT2D eigenvalue weighted by molar-refractivity contribution is 5.95. The lowest BCUT2D eigenvalue weighted by Crippen LogP contribution is -2.59. The van der Waals surface area contributed by atoms with Crippen LogP contribution < -0.4 is 0 Å². The zero-order chi connectivity index (χ0) is 37.4. The maximum atomic E-state index is 15.9. The molecular weight excluding hydrogens is 692 g/mol. The van der Waals surface area contributed by atoms with Crippen molar-refractivity contribution in [3.63, 3.8) is 0 Å². The Labute approximate surface area is 311 Å². The summed E-state index contributed by atoms with van der Waals surface area (Å²) in [4.78, 5) is 27.3. The molecule has 2 saturated carbocycles. The highest BCUT2D eigenvalue weighted by atomic mass is 19.3. The first-order valence-electron chi connectivity index (χ1n) is 19.0. The quantitative estimate of drug-likeness (QED) is 0.144. The van der Waals surface area contributed by atoms with Gasteiger partial charge in [0.15, 0.2) is 5.65 Å². The largest absolute Gasteiger partial charge is 0.331 e. The number of halogens is 3. The highest BCUT2D eigenvalue weighted by Gasteiger charge is 2.36. The SMILES string of the molecule is CC1CN(CC(F)F)CC(C)N1C(=O)c1ccc(C(F)Cn2cc3c(-c4nc(-c5cc6cn(C)nc6nc5C5CC5)n(C)c4C4CC4)cccc3n2)cc1. The second-order valence-electron chi connectivity index (χ2n) is 15.6. The lowest BCUT2D eigenvalue weighted by molar-refractivity contribution is 0.00875. The van der Waals surface area contributed by atoms with Crippen molar-refractivity contribution >= 4 is 27.8 Å². The Morgan fingerprint density at radius 3 is 2.26 bits per heavy atom. The second-order valence-corrected chi connectivity index (χ2v) is 15.6. The van der Waals surface area contributed by atoms with Crippen molar-refractivity contribution in [3.8, 4) is 22.6 Å². The Balaban J connectivity index is 0.975. The first kappa shape index (κ1) is 34.7. The molecule has 54 heavy (non-hydrogen) atoms. The number of aromatic nitrogens is 7. The first-order chi connectivity index (χ1) is 26.0. The molecule has 0 bridgehead atoms. The third-order valence-corrected chi connectivity index (χ3v) is 11.3. The smallest absolute Gasteiger partial charge is 0.254 e. The molecule has 1 amide bonds. The zero-order valence-electron chi connectivity index (χ0n) is 31.0. The van der Waals surface area contributed by atoms with Crippen molar-refractivity contribution in [3.05, 3.63) is 83.4 Å². The van der Waals surface area contributed by atoms with E-state index in [1.165, 1.54) is 5.69 Å². The average molecular weight is 736 g/mol. The first-order valence-corrected chi connectivity index (χ1v) is 19.0. The van der Waals surface area contributed by atoms with Gasteiger partial charge in [-0.05, 0) is 69.4 Å². The zero-order valence-corrected chi connectivity index (χ0v) is 31.0. The molecule has 3 atom stereocenters. The van der Waals surface area contributed by atoms with Crippen molar-refractivity contribution in [2.75, 3.05) is 19.6 Å². The van der Waals surface area contributed by atoms with Crippen LogP contribution in [0.1, 0.15) is 84.8 Å². The maximum absolute atomic E-state index is 15.9. The van der Waals surface area contributed by atoms with Crippen molar-refractivity contribution in [1.29, 1.82) is 0 Å². The number of nitrogens with zero attached hydrogens (tertiary/aromatic N) is 9. The van der Waals surface area contributed by atoms with Gasteiger partial charge in [0.2, 0.25) is 0 Å². The summed E-state index contributed by atoms with van der Waals surface area (Å²) in [5, 5.41) is 11.3. The van der Waals surface area contributed by atoms with E-state index >= 15 is 4.39 Å². The van der Waals surface area contributed by atoms with E-state index in [9.17, 15) is 13.6 Å². The van der Waals surface area contributed by atoms with E-state index in [2.05, 4.69) is 28.8 Å². The summed E-state index contributed by atoms with van der Waals surface area (Å²) in [6.07, 6.45) is 4.59. The van der Waals surface area contributed by atoms with Crippen LogP contribution in [0.5, 0.6) is 0 Å². The van der Waals surface area contributed by atoms with Gasteiger partial charge in [-0.15, -0.1) is 0 Å². The number of imidazole rings is 1. The van der Waals surface area contributed by atoms with Gasteiger partial charge < -0.3 is 9.47 Å². The number of amides is 1. The van der Waals surface area contributed by atoms with Gasteiger partial charge in [-0.3, -0.25) is 19.1 Å². The standard InChI is InChI=1S/C41H44F3N9O/c1-23-17-51(22-35(43)44)18-24(2)53(23)41(54)28-14-8-25(9-15-28)33(42)21-52-20-32-30(6-5-7-34(32)47-52)37-38(27-12-13-27)50(4)40(46-37)31-16-29-19-49(3)48-39(29)45-36(31)26-10-11-26/h5-9,14-16,19-20,23-24,26-27,33,35H,10-13,17-18,21-22H2,1-4H3. The minimum Gasteiger partial charge on any atom is -0.331 e. The normalized spacial score (nSPS) is 20.1. The van der Waals surface area contributed by atoms with Crippen molar-refractivity contribution in [1.82, 2.24) is 43.9 Å². The van der Waals surface area contributed by atoms with Crippen LogP contribution in [0.15, 0.2) is 60.9 Å². The van der Waals surface area contributed by atoms with E-state index in [0.29, 0.717) is 36.1 Å². The van der Waals surface area contributed by atoms with E-state index in [-0.39, 0.29) is 31.1 Å². The molecule has 1 saturated heterocycles. The molecule has 3 unspecified atom stereocenters. The lowest BCUT2D eigenvalue weighted by Gasteiger charge is -2.44. The fourth-order valence-electron chi connectivity index (χ4n) is 8.53. The van der Waals surface area contributed by atoms with Gasteiger partial charge in [0, 0.05) is 96.7 Å². The van der Waals surface area contributed by atoms with Crippen LogP contribution in [0.3, 0.4) is 0 Å². The number of carbonyl (C=O) groups is 1. The number of hydrogen-bond donors (Lipinski definition) is 0. The predicted molar refractivity (Wildman–Crippen MR) is 201 cm³/mol. The van der Waals surface area contributed by atoms with Gasteiger partial charge in [-0.1, -0.05) is 24.3 Å². The third-order valence-electron chi connectivity index (χ3n) is 11.3. The Kier molecular flexibility index (Phi) is 8.59. The van der Waals surface area contributed by atoms with Gasteiger partial charge in [0.05, 0.1) is 30.0 Å². The fourth-order valence-corrected chi connectivity index (χ4v) is 8.53. The summed E-state index contributed by atoms with van der Waals surface area (Å²) in [7, 11) is 4.03. The Hall–Kier alpha value is -5.04. The van der Waals surface area contributed by atoms with Crippen LogP contribution in [-0.4, -0.2) is 87.9 Å². The number of benzene rings is 2. The highest BCUT2D eigenvalue weighted by Crippen LogP contribution is 2.49. The molecule has 6 aromatic rings. The molecule has 2 aliphatic carbocycles. The molecule has 2 aromatic carbocycles. The molecule has 4 aromatic heterocycles. The van der Waals surface area contributed by atoms with Crippen molar-refractivity contribution in [2.45, 2.75) is 82.6 Å². The van der Waals surface area contributed by atoms with E-state index in [1.807, 2.05) is 50.1 Å². The molecule has 280 valence electrons. The van der Waals surface area contributed by atoms with E-state index in [4.69, 9.17) is 15.1 Å². The minimum absolute atomic E-state index is 0.00602. The third kappa shape index (κ3) is 6.35. The van der Waals surface area contributed by atoms with E-state index < -0.39 is 12.6 Å². The predicted octanol–water partition coefficient (Wildman–Crippen LogP) is 7.65. The lowest BCUT2D eigenvalue weighted by atomic mass is 10.0. The van der Waals surface area contributed by atoms with Crippen molar-refractivity contribution < 1.29 is 18.0 Å². The monoisotopic (exact) mass is 735 g/mol.